The number of imidazole rings is 1. The lowest BCUT2D eigenvalue weighted by Gasteiger charge is -1.97. The van der Waals surface area contributed by atoms with Gasteiger partial charge in [-0.05, 0) is 23.6 Å². The normalized spacial score (nSPS) is 21.3. The second-order valence-corrected chi connectivity index (χ2v) is 4.33. The molecule has 0 aliphatic heterocycles. The van der Waals surface area contributed by atoms with Gasteiger partial charge in [0, 0.05) is 18.7 Å². The van der Waals surface area contributed by atoms with Gasteiger partial charge in [-0.25, -0.2) is 4.98 Å². The zero-order chi connectivity index (χ0) is 12.0. The molecule has 3 rings (SSSR count). The number of nitrogen functional groups attached to an aromatic ring is 1. The summed E-state index contributed by atoms with van der Waals surface area (Å²) in [5, 5.41) is 9.08. The van der Waals surface area contributed by atoms with E-state index in [1.165, 1.54) is 5.57 Å². The number of anilines is 1. The Morgan fingerprint density at radius 2 is 2.41 bits per heavy atom. The van der Waals surface area contributed by atoms with Crippen molar-refractivity contribution in [3.8, 4) is 0 Å². The van der Waals surface area contributed by atoms with Gasteiger partial charge in [0.15, 0.2) is 17.0 Å². The van der Waals surface area contributed by atoms with Crippen LogP contribution in [0.5, 0.6) is 0 Å². The van der Waals surface area contributed by atoms with Crippen molar-refractivity contribution in [3.05, 3.63) is 17.2 Å². The number of halogens is 1. The number of rotatable bonds is 2. The van der Waals surface area contributed by atoms with Gasteiger partial charge in [0.2, 0.25) is 5.28 Å². The average molecular weight is 252 g/mol. The summed E-state index contributed by atoms with van der Waals surface area (Å²) in [5.41, 5.74) is 7.98. The maximum absolute atomic E-state index is 8.97. The van der Waals surface area contributed by atoms with Gasteiger partial charge in [-0.15, -0.1) is 0 Å². The average Bonchev–Trinajstić information content (AvgIpc) is 2.92. The Balaban J connectivity index is 2.09. The molecule has 1 saturated carbocycles. The molecular weight excluding hydrogens is 242 g/mol. The molecule has 1 aliphatic rings. The molecule has 0 bridgehead atoms. The molecule has 7 heteroatoms. The Morgan fingerprint density at radius 3 is 3.12 bits per heavy atom. The topological polar surface area (TPSA) is 89.9 Å². The fourth-order valence-electron chi connectivity index (χ4n) is 1.75. The van der Waals surface area contributed by atoms with E-state index < -0.39 is 0 Å². The van der Waals surface area contributed by atoms with Crippen LogP contribution in [0.1, 0.15) is 6.42 Å². The molecular formula is C10H10ClN5O. The van der Waals surface area contributed by atoms with Crippen LogP contribution in [0, 0.1) is 5.92 Å². The lowest BCUT2D eigenvalue weighted by atomic mass is 10.4. The highest BCUT2D eigenvalue weighted by Gasteiger charge is 2.28. The van der Waals surface area contributed by atoms with Gasteiger partial charge in [0.25, 0.3) is 0 Å². The van der Waals surface area contributed by atoms with E-state index in [0.717, 1.165) is 6.42 Å². The molecule has 1 unspecified atom stereocenters. The standard InChI is InChI=1S/C10H10ClN5O/c11-10-14-8(12)7-9(15-10)16(4-13-7)2-5-1-6(5)3-17/h2,4,6,17H,1,3H2,(H2,12,14,15)/b5-2+. The van der Waals surface area contributed by atoms with Crippen LogP contribution in [0.4, 0.5) is 5.82 Å². The smallest absolute Gasteiger partial charge is 0.226 e. The summed E-state index contributed by atoms with van der Waals surface area (Å²) in [6, 6.07) is 0. The SMILES string of the molecule is Nc1nc(Cl)nc2c1ncn2/C=C1\CC1CO. The fraction of sp³-hybridized carbons (Fsp3) is 0.300. The Hall–Kier alpha value is -1.66. The summed E-state index contributed by atoms with van der Waals surface area (Å²) >= 11 is 5.76. The van der Waals surface area contributed by atoms with Gasteiger partial charge in [0.1, 0.15) is 6.33 Å². The highest BCUT2D eigenvalue weighted by molar-refractivity contribution is 6.28. The highest BCUT2D eigenvalue weighted by atomic mass is 35.5. The monoisotopic (exact) mass is 251 g/mol. The summed E-state index contributed by atoms with van der Waals surface area (Å²) in [5.74, 6) is 0.536. The predicted octanol–water partition coefficient (Wildman–Crippen LogP) is 0.915. The Bertz CT molecular complexity index is 620. The number of nitrogens with zero attached hydrogens (tertiary/aromatic N) is 4. The van der Waals surface area contributed by atoms with E-state index in [1.54, 1.807) is 10.9 Å². The molecule has 88 valence electrons. The van der Waals surface area contributed by atoms with Crippen molar-refractivity contribution in [2.75, 3.05) is 12.3 Å². The van der Waals surface area contributed by atoms with Crippen LogP contribution >= 0.6 is 11.6 Å². The molecule has 1 fully saturated rings. The van der Waals surface area contributed by atoms with Crippen molar-refractivity contribution < 1.29 is 5.11 Å². The first-order chi connectivity index (χ1) is 8.19. The maximum atomic E-state index is 8.97. The number of aliphatic hydroxyl groups is 1. The third-order valence-corrected chi connectivity index (χ3v) is 2.96. The molecule has 0 saturated heterocycles. The third-order valence-electron chi connectivity index (χ3n) is 2.79. The van der Waals surface area contributed by atoms with Crippen LogP contribution < -0.4 is 5.73 Å². The van der Waals surface area contributed by atoms with Crippen molar-refractivity contribution >= 4 is 34.8 Å². The molecule has 1 aliphatic carbocycles. The van der Waals surface area contributed by atoms with Crippen molar-refractivity contribution in [2.24, 2.45) is 5.92 Å². The van der Waals surface area contributed by atoms with E-state index in [1.807, 2.05) is 6.20 Å². The van der Waals surface area contributed by atoms with Gasteiger partial charge in [-0.1, -0.05) is 0 Å². The number of aromatic nitrogens is 4. The van der Waals surface area contributed by atoms with Crippen molar-refractivity contribution in [3.63, 3.8) is 0 Å². The molecule has 0 amide bonds. The van der Waals surface area contributed by atoms with Crippen LogP contribution in [-0.2, 0) is 0 Å². The maximum Gasteiger partial charge on any atom is 0.226 e. The van der Waals surface area contributed by atoms with E-state index in [2.05, 4.69) is 15.0 Å². The van der Waals surface area contributed by atoms with Gasteiger partial charge < -0.3 is 10.8 Å². The minimum absolute atomic E-state index is 0.102. The molecule has 0 aromatic carbocycles. The lowest BCUT2D eigenvalue weighted by molar-refractivity contribution is 0.281. The number of nitrogens with two attached hydrogens (primary N) is 1. The zero-order valence-corrected chi connectivity index (χ0v) is 9.59. The number of hydrogen-bond donors (Lipinski definition) is 2. The Labute approximate surface area is 102 Å². The summed E-state index contributed by atoms with van der Waals surface area (Å²) in [4.78, 5) is 12.1. The van der Waals surface area contributed by atoms with Crippen LogP contribution in [0.2, 0.25) is 5.28 Å². The fourth-order valence-corrected chi connectivity index (χ4v) is 1.92. The summed E-state index contributed by atoms with van der Waals surface area (Å²) in [6.07, 6.45) is 4.43. The molecule has 0 radical (unpaired) electrons. The van der Waals surface area contributed by atoms with Crippen molar-refractivity contribution in [1.29, 1.82) is 0 Å². The van der Waals surface area contributed by atoms with Crippen LogP contribution in [0.25, 0.3) is 17.4 Å². The first-order valence-electron chi connectivity index (χ1n) is 5.16. The molecule has 2 heterocycles. The minimum atomic E-state index is 0.102. The summed E-state index contributed by atoms with van der Waals surface area (Å²) in [6.45, 7) is 0.177. The van der Waals surface area contributed by atoms with Gasteiger partial charge in [-0.2, -0.15) is 9.97 Å². The number of aliphatic hydroxyl groups excluding tert-OH is 1. The van der Waals surface area contributed by atoms with E-state index in [-0.39, 0.29) is 23.6 Å². The summed E-state index contributed by atoms with van der Waals surface area (Å²) < 4.78 is 1.75. The molecule has 1 atom stereocenters. The Morgan fingerprint density at radius 1 is 1.59 bits per heavy atom. The minimum Gasteiger partial charge on any atom is -0.396 e. The molecule has 2 aromatic rings. The first kappa shape index (κ1) is 10.5. The van der Waals surface area contributed by atoms with E-state index in [0.29, 0.717) is 11.2 Å². The number of hydrogen-bond acceptors (Lipinski definition) is 5. The van der Waals surface area contributed by atoms with E-state index >= 15 is 0 Å². The molecule has 0 spiro atoms. The van der Waals surface area contributed by atoms with E-state index in [9.17, 15) is 0 Å². The first-order valence-corrected chi connectivity index (χ1v) is 5.54. The van der Waals surface area contributed by atoms with Crippen LogP contribution in [0.15, 0.2) is 11.9 Å². The summed E-state index contributed by atoms with van der Waals surface area (Å²) in [7, 11) is 0. The third kappa shape index (κ3) is 1.75. The molecule has 17 heavy (non-hydrogen) atoms. The van der Waals surface area contributed by atoms with E-state index in [4.69, 9.17) is 22.4 Å². The quantitative estimate of drug-likeness (QED) is 0.775. The molecule has 3 N–H and O–H groups in total. The number of fused-ring (bicyclic) bond motifs is 1. The van der Waals surface area contributed by atoms with Crippen molar-refractivity contribution in [2.45, 2.75) is 6.42 Å². The molecule has 6 nitrogen and oxygen atoms in total. The van der Waals surface area contributed by atoms with Crippen LogP contribution in [-0.4, -0.2) is 31.2 Å². The Kier molecular flexibility index (Phi) is 2.27. The van der Waals surface area contributed by atoms with Crippen molar-refractivity contribution in [1.82, 2.24) is 19.5 Å². The van der Waals surface area contributed by atoms with Gasteiger partial charge in [0.05, 0.1) is 0 Å². The predicted molar refractivity (Wildman–Crippen MR) is 64.2 cm³/mol. The highest BCUT2D eigenvalue weighted by Crippen LogP contribution is 2.37. The largest absolute Gasteiger partial charge is 0.396 e. The zero-order valence-electron chi connectivity index (χ0n) is 8.84. The second-order valence-electron chi connectivity index (χ2n) is 3.99. The second kappa shape index (κ2) is 3.68. The lowest BCUT2D eigenvalue weighted by Crippen LogP contribution is -1.96. The van der Waals surface area contributed by atoms with Gasteiger partial charge >= 0.3 is 0 Å². The van der Waals surface area contributed by atoms with Gasteiger partial charge in [-0.3, -0.25) is 4.57 Å². The van der Waals surface area contributed by atoms with Crippen LogP contribution in [0.3, 0.4) is 0 Å². The molecule has 2 aromatic heterocycles.